The molecular formula is C13H22N2O3S. The van der Waals surface area contributed by atoms with Crippen LogP contribution in [0.4, 0.5) is 4.79 Å². The van der Waals surface area contributed by atoms with E-state index in [2.05, 4.69) is 5.32 Å². The molecule has 6 heteroatoms. The molecule has 0 aromatic rings. The van der Waals surface area contributed by atoms with Gasteiger partial charge in [0.15, 0.2) is 0 Å². The maximum absolute atomic E-state index is 12.1. The fraction of sp³-hybridized carbons (Fsp3) is 0.846. The average Bonchev–Trinajstić information content (AvgIpc) is 2.40. The summed E-state index contributed by atoms with van der Waals surface area (Å²) in [5.41, 5.74) is -0.669. The smallest absolute Gasteiger partial charge is 0.317 e. The van der Waals surface area contributed by atoms with Crippen LogP contribution in [0.3, 0.4) is 0 Å². The predicted octanol–water partition coefficient (Wildman–Crippen LogP) is 1.78. The lowest BCUT2D eigenvalue weighted by atomic mass is 9.80. The Hall–Kier alpha value is -0.910. The fourth-order valence-corrected chi connectivity index (χ4v) is 3.61. The van der Waals surface area contributed by atoms with Crippen molar-refractivity contribution in [3.05, 3.63) is 0 Å². The number of carbonyl (C=O) groups is 2. The maximum Gasteiger partial charge on any atom is 0.317 e. The first-order chi connectivity index (χ1) is 9.01. The van der Waals surface area contributed by atoms with E-state index in [-0.39, 0.29) is 12.1 Å². The molecule has 0 aromatic heterocycles. The van der Waals surface area contributed by atoms with E-state index in [1.807, 2.05) is 11.8 Å². The highest BCUT2D eigenvalue weighted by atomic mass is 32.2. The molecule has 5 nitrogen and oxygen atoms in total. The number of rotatable bonds is 2. The molecule has 0 radical (unpaired) electrons. The molecule has 1 atom stereocenters. The van der Waals surface area contributed by atoms with Crippen LogP contribution >= 0.6 is 11.8 Å². The van der Waals surface area contributed by atoms with Crippen molar-refractivity contribution in [1.29, 1.82) is 0 Å². The van der Waals surface area contributed by atoms with Gasteiger partial charge in [0.05, 0.1) is 5.41 Å². The van der Waals surface area contributed by atoms with Crippen molar-refractivity contribution in [1.82, 2.24) is 10.2 Å². The maximum atomic E-state index is 12.1. The molecule has 19 heavy (non-hydrogen) atoms. The Balaban J connectivity index is 1.80. The average molecular weight is 286 g/mol. The van der Waals surface area contributed by atoms with Crippen LogP contribution < -0.4 is 5.32 Å². The normalized spacial score (nSPS) is 26.8. The highest BCUT2D eigenvalue weighted by molar-refractivity contribution is 7.99. The molecule has 2 fully saturated rings. The lowest BCUT2D eigenvalue weighted by Crippen LogP contribution is -2.51. The third kappa shape index (κ3) is 3.55. The summed E-state index contributed by atoms with van der Waals surface area (Å²) in [5, 5.41) is 12.2. The van der Waals surface area contributed by atoms with Crippen molar-refractivity contribution in [3.8, 4) is 0 Å². The van der Waals surface area contributed by atoms with Gasteiger partial charge in [-0.1, -0.05) is 0 Å². The monoisotopic (exact) mass is 286 g/mol. The van der Waals surface area contributed by atoms with E-state index >= 15 is 0 Å². The Morgan fingerprint density at radius 2 is 2.05 bits per heavy atom. The van der Waals surface area contributed by atoms with Gasteiger partial charge in [-0.3, -0.25) is 4.79 Å². The molecule has 0 aromatic carbocycles. The number of carboxylic acids is 1. The van der Waals surface area contributed by atoms with Gasteiger partial charge in [0.25, 0.3) is 0 Å². The van der Waals surface area contributed by atoms with E-state index in [0.717, 1.165) is 18.6 Å². The number of aliphatic carboxylic acids is 1. The summed E-state index contributed by atoms with van der Waals surface area (Å²) >= 11 is 1.88. The zero-order chi connectivity index (χ0) is 13.9. The van der Waals surface area contributed by atoms with Crippen LogP contribution in [-0.4, -0.2) is 52.6 Å². The number of nitrogens with zero attached hydrogens (tertiary/aromatic N) is 1. The number of piperidine rings is 1. The number of hydrogen-bond donors (Lipinski definition) is 2. The highest BCUT2D eigenvalue weighted by Gasteiger charge is 2.38. The minimum Gasteiger partial charge on any atom is -0.481 e. The zero-order valence-corrected chi connectivity index (χ0v) is 12.2. The largest absolute Gasteiger partial charge is 0.481 e. The Morgan fingerprint density at radius 3 is 2.58 bits per heavy atom. The summed E-state index contributed by atoms with van der Waals surface area (Å²) in [6.07, 6.45) is 3.29. The number of urea groups is 1. The Labute approximate surface area is 118 Å². The van der Waals surface area contributed by atoms with Crippen LogP contribution in [-0.2, 0) is 4.79 Å². The Kier molecular flexibility index (Phi) is 4.60. The first-order valence-corrected chi connectivity index (χ1v) is 8.03. The highest BCUT2D eigenvalue weighted by Crippen LogP contribution is 2.31. The van der Waals surface area contributed by atoms with Gasteiger partial charge < -0.3 is 15.3 Å². The van der Waals surface area contributed by atoms with Crippen LogP contribution in [0, 0.1) is 5.41 Å². The molecule has 2 aliphatic rings. The van der Waals surface area contributed by atoms with Gasteiger partial charge in [-0.2, -0.15) is 11.8 Å². The molecule has 0 bridgehead atoms. The van der Waals surface area contributed by atoms with Crippen LogP contribution in [0.25, 0.3) is 0 Å². The second-order valence-electron chi connectivity index (χ2n) is 5.72. The molecule has 1 unspecified atom stereocenters. The molecule has 0 aliphatic carbocycles. The fourth-order valence-electron chi connectivity index (χ4n) is 2.54. The minimum absolute atomic E-state index is 0.0278. The van der Waals surface area contributed by atoms with Crippen LogP contribution in [0.2, 0.25) is 0 Å². The van der Waals surface area contributed by atoms with Crippen molar-refractivity contribution in [2.75, 3.05) is 24.6 Å². The van der Waals surface area contributed by atoms with Gasteiger partial charge in [-0.25, -0.2) is 4.79 Å². The molecule has 2 amide bonds. The van der Waals surface area contributed by atoms with E-state index in [4.69, 9.17) is 5.11 Å². The Bertz CT molecular complexity index is 348. The van der Waals surface area contributed by atoms with Crippen molar-refractivity contribution >= 4 is 23.8 Å². The van der Waals surface area contributed by atoms with E-state index in [1.165, 1.54) is 5.75 Å². The molecule has 2 heterocycles. The number of carboxylic acid groups (broad SMARTS) is 1. The van der Waals surface area contributed by atoms with Crippen molar-refractivity contribution in [3.63, 3.8) is 0 Å². The summed E-state index contributed by atoms with van der Waals surface area (Å²) in [6, 6.07) is 0.249. The van der Waals surface area contributed by atoms with Crippen LogP contribution in [0.5, 0.6) is 0 Å². The van der Waals surface area contributed by atoms with E-state index < -0.39 is 11.4 Å². The van der Waals surface area contributed by atoms with Crippen molar-refractivity contribution < 1.29 is 14.7 Å². The Morgan fingerprint density at radius 1 is 1.37 bits per heavy atom. The minimum atomic E-state index is -0.753. The lowest BCUT2D eigenvalue weighted by Gasteiger charge is -2.37. The van der Waals surface area contributed by atoms with E-state index in [9.17, 15) is 9.59 Å². The van der Waals surface area contributed by atoms with Gasteiger partial charge in [-0.15, -0.1) is 0 Å². The van der Waals surface area contributed by atoms with Crippen LogP contribution in [0.1, 0.15) is 32.6 Å². The van der Waals surface area contributed by atoms with Gasteiger partial charge in [0.2, 0.25) is 0 Å². The summed E-state index contributed by atoms with van der Waals surface area (Å²) < 4.78 is 0. The molecule has 108 valence electrons. The molecule has 2 aliphatic heterocycles. The second kappa shape index (κ2) is 6.03. The molecule has 2 rings (SSSR count). The molecule has 2 saturated heterocycles. The van der Waals surface area contributed by atoms with Gasteiger partial charge >= 0.3 is 12.0 Å². The predicted molar refractivity (Wildman–Crippen MR) is 75.4 cm³/mol. The van der Waals surface area contributed by atoms with E-state index in [0.29, 0.717) is 25.9 Å². The zero-order valence-electron chi connectivity index (χ0n) is 11.4. The first kappa shape index (κ1) is 14.5. The first-order valence-electron chi connectivity index (χ1n) is 6.88. The lowest BCUT2D eigenvalue weighted by molar-refractivity contribution is -0.150. The number of likely N-dealkylation sites (tertiary alicyclic amines) is 1. The van der Waals surface area contributed by atoms with Crippen molar-refractivity contribution in [2.24, 2.45) is 5.41 Å². The van der Waals surface area contributed by atoms with Gasteiger partial charge in [0, 0.05) is 24.9 Å². The molecule has 0 saturated carbocycles. The summed E-state index contributed by atoms with van der Waals surface area (Å²) in [4.78, 5) is 25.0. The number of thioether (sulfide) groups is 1. The summed E-state index contributed by atoms with van der Waals surface area (Å²) in [5.74, 6) is 1.43. The molecule has 2 N–H and O–H groups in total. The molecular weight excluding hydrogens is 264 g/mol. The quantitative estimate of drug-likeness (QED) is 0.812. The van der Waals surface area contributed by atoms with Gasteiger partial charge in [0.1, 0.15) is 0 Å². The van der Waals surface area contributed by atoms with Crippen molar-refractivity contribution in [2.45, 2.75) is 38.6 Å². The summed E-state index contributed by atoms with van der Waals surface area (Å²) in [6.45, 7) is 2.84. The van der Waals surface area contributed by atoms with Gasteiger partial charge in [-0.05, 0) is 38.4 Å². The number of hydrogen-bond acceptors (Lipinski definition) is 3. The second-order valence-corrected chi connectivity index (χ2v) is 6.87. The SMILES string of the molecule is CC1(C(=O)O)CCN(C(=O)NC2CCCSC2)CC1. The topological polar surface area (TPSA) is 69.6 Å². The summed E-state index contributed by atoms with van der Waals surface area (Å²) in [7, 11) is 0. The molecule has 0 spiro atoms. The van der Waals surface area contributed by atoms with Crippen LogP contribution in [0.15, 0.2) is 0 Å². The third-order valence-corrected chi connectivity index (χ3v) is 5.37. The third-order valence-electron chi connectivity index (χ3n) is 4.16. The number of amides is 2. The number of carbonyl (C=O) groups excluding carboxylic acids is 1. The van der Waals surface area contributed by atoms with E-state index in [1.54, 1.807) is 11.8 Å². The standard InChI is InChI=1S/C13H22N2O3S/c1-13(11(16)17)4-6-15(7-5-13)12(18)14-10-3-2-8-19-9-10/h10H,2-9H2,1H3,(H,14,18)(H,16,17). The number of nitrogens with one attached hydrogen (secondary N) is 1.